The third-order valence-corrected chi connectivity index (χ3v) is 2.71. The van der Waals surface area contributed by atoms with Crippen LogP contribution in [0.2, 0.25) is 0 Å². The van der Waals surface area contributed by atoms with Gasteiger partial charge in [-0.3, -0.25) is 9.59 Å². The summed E-state index contributed by atoms with van der Waals surface area (Å²) in [6.07, 6.45) is 0. The number of benzene rings is 1. The van der Waals surface area contributed by atoms with Crippen molar-refractivity contribution in [1.82, 2.24) is 10.6 Å². The summed E-state index contributed by atoms with van der Waals surface area (Å²) in [6.45, 7) is 3.21. The number of nitrogens with one attached hydrogen (secondary N) is 2. The van der Waals surface area contributed by atoms with E-state index in [0.717, 1.165) is 5.56 Å². The number of carbonyl (C=O) groups excluding carboxylic acids is 2. The van der Waals surface area contributed by atoms with E-state index < -0.39 is 6.04 Å². The van der Waals surface area contributed by atoms with Crippen LogP contribution in [-0.4, -0.2) is 36.6 Å². The Balaban J connectivity index is 3.00. The molecule has 106 valence electrons. The maximum atomic E-state index is 12.1. The molecular weight excluding hydrogens is 256 g/mol. The SMILES string of the molecule is CNC(=O)C(C)NC(=O)c1ccc(C)cc1C#CCO. The van der Waals surface area contributed by atoms with Crippen molar-refractivity contribution >= 4 is 11.8 Å². The Bertz CT molecular complexity index is 570. The molecule has 20 heavy (non-hydrogen) atoms. The molecule has 1 aromatic rings. The molecular formula is C15H18N2O3. The summed E-state index contributed by atoms with van der Waals surface area (Å²) < 4.78 is 0. The summed E-state index contributed by atoms with van der Waals surface area (Å²) in [5.74, 6) is 4.62. The molecule has 0 heterocycles. The smallest absolute Gasteiger partial charge is 0.253 e. The van der Waals surface area contributed by atoms with Gasteiger partial charge in [-0.15, -0.1) is 0 Å². The zero-order valence-corrected chi connectivity index (χ0v) is 11.8. The van der Waals surface area contributed by atoms with Gasteiger partial charge in [0.15, 0.2) is 0 Å². The van der Waals surface area contributed by atoms with Crippen molar-refractivity contribution in [1.29, 1.82) is 0 Å². The number of aliphatic hydroxyl groups excluding tert-OH is 1. The summed E-state index contributed by atoms with van der Waals surface area (Å²) in [5, 5.41) is 13.8. The van der Waals surface area contributed by atoms with Crippen LogP contribution in [0.5, 0.6) is 0 Å². The second kappa shape index (κ2) is 7.31. The van der Waals surface area contributed by atoms with Crippen LogP contribution in [0.3, 0.4) is 0 Å². The molecule has 1 atom stereocenters. The van der Waals surface area contributed by atoms with Gasteiger partial charge in [0.2, 0.25) is 5.91 Å². The lowest BCUT2D eigenvalue weighted by Gasteiger charge is -2.13. The van der Waals surface area contributed by atoms with Crippen molar-refractivity contribution in [3.05, 3.63) is 34.9 Å². The second-order valence-corrected chi connectivity index (χ2v) is 4.32. The predicted octanol–water partition coefficient (Wildman–Crippen LogP) is 0.203. The lowest BCUT2D eigenvalue weighted by atomic mass is 10.0. The molecule has 0 saturated carbocycles. The Labute approximate surface area is 118 Å². The van der Waals surface area contributed by atoms with Crippen LogP contribution in [0.15, 0.2) is 18.2 Å². The van der Waals surface area contributed by atoms with Gasteiger partial charge in [-0.2, -0.15) is 0 Å². The number of carbonyl (C=O) groups is 2. The van der Waals surface area contributed by atoms with Crippen LogP contribution in [0, 0.1) is 18.8 Å². The highest BCUT2D eigenvalue weighted by atomic mass is 16.2. The van der Waals surface area contributed by atoms with E-state index in [9.17, 15) is 9.59 Å². The molecule has 0 spiro atoms. The summed E-state index contributed by atoms with van der Waals surface area (Å²) >= 11 is 0. The topological polar surface area (TPSA) is 78.4 Å². The standard InChI is InChI=1S/C15H18N2O3/c1-10-6-7-13(12(9-10)5-4-8-18)15(20)17-11(2)14(19)16-3/h6-7,9,11,18H,8H2,1-3H3,(H,16,19)(H,17,20). The molecule has 0 saturated heterocycles. The largest absolute Gasteiger partial charge is 0.384 e. The molecule has 5 nitrogen and oxygen atoms in total. The number of likely N-dealkylation sites (N-methyl/N-ethyl adjacent to an activating group) is 1. The van der Waals surface area contributed by atoms with E-state index in [1.807, 2.05) is 6.92 Å². The van der Waals surface area contributed by atoms with E-state index in [4.69, 9.17) is 5.11 Å². The number of hydrogen-bond donors (Lipinski definition) is 3. The van der Waals surface area contributed by atoms with Crippen LogP contribution in [0.1, 0.15) is 28.4 Å². The summed E-state index contributed by atoms with van der Waals surface area (Å²) in [7, 11) is 1.51. The fourth-order valence-electron chi connectivity index (χ4n) is 1.65. The van der Waals surface area contributed by atoms with Gasteiger partial charge in [0.1, 0.15) is 12.6 Å². The average molecular weight is 274 g/mol. The Hall–Kier alpha value is -2.32. The first kappa shape index (κ1) is 15.7. The molecule has 0 aromatic heterocycles. The first-order valence-electron chi connectivity index (χ1n) is 6.22. The summed E-state index contributed by atoms with van der Waals surface area (Å²) in [4.78, 5) is 23.6. The molecule has 0 fully saturated rings. The van der Waals surface area contributed by atoms with Crippen molar-refractivity contribution in [3.8, 4) is 11.8 Å². The Kier molecular flexibility index (Phi) is 5.75. The van der Waals surface area contributed by atoms with Crippen LogP contribution in [-0.2, 0) is 4.79 Å². The monoisotopic (exact) mass is 274 g/mol. The van der Waals surface area contributed by atoms with Gasteiger partial charge in [0, 0.05) is 12.6 Å². The highest BCUT2D eigenvalue weighted by molar-refractivity contribution is 5.99. The average Bonchev–Trinajstić information content (AvgIpc) is 2.43. The Morgan fingerprint density at radius 2 is 2.10 bits per heavy atom. The minimum atomic E-state index is -0.632. The van der Waals surface area contributed by atoms with E-state index in [0.29, 0.717) is 11.1 Å². The molecule has 0 aliphatic carbocycles. The van der Waals surface area contributed by atoms with Crippen molar-refractivity contribution in [2.75, 3.05) is 13.7 Å². The third-order valence-electron chi connectivity index (χ3n) is 2.71. The van der Waals surface area contributed by atoms with Crippen molar-refractivity contribution < 1.29 is 14.7 Å². The Morgan fingerprint density at radius 1 is 1.40 bits per heavy atom. The molecule has 1 aromatic carbocycles. The minimum Gasteiger partial charge on any atom is -0.384 e. The zero-order valence-electron chi connectivity index (χ0n) is 11.8. The molecule has 3 N–H and O–H groups in total. The van der Waals surface area contributed by atoms with Gasteiger partial charge in [-0.05, 0) is 31.5 Å². The molecule has 1 unspecified atom stereocenters. The van der Waals surface area contributed by atoms with Crippen LogP contribution >= 0.6 is 0 Å². The van der Waals surface area contributed by atoms with E-state index in [1.54, 1.807) is 25.1 Å². The number of aryl methyl sites for hydroxylation is 1. The number of amides is 2. The van der Waals surface area contributed by atoms with Crippen molar-refractivity contribution in [3.63, 3.8) is 0 Å². The minimum absolute atomic E-state index is 0.270. The molecule has 2 amide bonds. The fraction of sp³-hybridized carbons (Fsp3) is 0.333. The maximum absolute atomic E-state index is 12.1. The van der Waals surface area contributed by atoms with E-state index in [-0.39, 0.29) is 18.4 Å². The molecule has 1 rings (SSSR count). The van der Waals surface area contributed by atoms with Gasteiger partial charge < -0.3 is 15.7 Å². The third kappa shape index (κ3) is 4.11. The first-order valence-corrected chi connectivity index (χ1v) is 6.22. The predicted molar refractivity (Wildman–Crippen MR) is 76.1 cm³/mol. The van der Waals surface area contributed by atoms with E-state index >= 15 is 0 Å². The van der Waals surface area contributed by atoms with Gasteiger partial charge in [0.05, 0.1) is 5.56 Å². The van der Waals surface area contributed by atoms with Crippen molar-refractivity contribution in [2.45, 2.75) is 19.9 Å². The Morgan fingerprint density at radius 3 is 2.70 bits per heavy atom. The van der Waals surface area contributed by atoms with Gasteiger partial charge in [-0.1, -0.05) is 17.9 Å². The van der Waals surface area contributed by atoms with Gasteiger partial charge in [0.25, 0.3) is 5.91 Å². The summed E-state index contributed by atoms with van der Waals surface area (Å²) in [6, 6.07) is 4.58. The molecule has 0 aliphatic heterocycles. The first-order chi connectivity index (χ1) is 9.49. The van der Waals surface area contributed by atoms with Gasteiger partial charge in [-0.25, -0.2) is 0 Å². The van der Waals surface area contributed by atoms with Crippen LogP contribution < -0.4 is 10.6 Å². The molecule has 0 radical (unpaired) electrons. The normalized spacial score (nSPS) is 11.0. The number of aliphatic hydroxyl groups is 1. The maximum Gasteiger partial charge on any atom is 0.253 e. The lowest BCUT2D eigenvalue weighted by Crippen LogP contribution is -2.43. The quantitative estimate of drug-likeness (QED) is 0.689. The van der Waals surface area contributed by atoms with E-state index in [1.165, 1.54) is 7.05 Å². The molecule has 0 bridgehead atoms. The lowest BCUT2D eigenvalue weighted by molar-refractivity contribution is -0.122. The fourth-order valence-corrected chi connectivity index (χ4v) is 1.65. The highest BCUT2D eigenvalue weighted by Crippen LogP contribution is 2.11. The number of hydrogen-bond acceptors (Lipinski definition) is 3. The molecule has 0 aliphatic rings. The highest BCUT2D eigenvalue weighted by Gasteiger charge is 2.17. The second-order valence-electron chi connectivity index (χ2n) is 4.32. The van der Waals surface area contributed by atoms with Gasteiger partial charge >= 0.3 is 0 Å². The van der Waals surface area contributed by atoms with Crippen LogP contribution in [0.25, 0.3) is 0 Å². The molecule has 5 heteroatoms. The summed E-state index contributed by atoms with van der Waals surface area (Å²) in [5.41, 5.74) is 1.87. The zero-order chi connectivity index (χ0) is 15.1. The van der Waals surface area contributed by atoms with Crippen molar-refractivity contribution in [2.24, 2.45) is 0 Å². The van der Waals surface area contributed by atoms with E-state index in [2.05, 4.69) is 22.5 Å². The van der Waals surface area contributed by atoms with Crippen LogP contribution in [0.4, 0.5) is 0 Å². The number of rotatable bonds is 3.